The van der Waals surface area contributed by atoms with Crippen LogP contribution < -0.4 is 0 Å². The Morgan fingerprint density at radius 2 is 1.86 bits per heavy atom. The standard InChI is InChI=1S/C17H15N3S/c1-12-3-5-14(6-4-12)17-20-10-15(21-17)9-13(2)16-11-18-7-8-19-16/h3-11H,1-2H3/b13-9+. The van der Waals surface area contributed by atoms with Crippen molar-refractivity contribution in [3.05, 3.63) is 65.2 Å². The minimum atomic E-state index is 0.891. The molecule has 3 rings (SSSR count). The molecule has 2 aromatic heterocycles. The fourth-order valence-corrected chi connectivity index (χ4v) is 2.90. The number of allylic oxidation sites excluding steroid dienone is 1. The Kier molecular flexibility index (Phi) is 3.88. The van der Waals surface area contributed by atoms with Gasteiger partial charge in [-0.1, -0.05) is 29.8 Å². The molecule has 21 heavy (non-hydrogen) atoms. The second-order valence-corrected chi connectivity index (χ2v) is 5.91. The third kappa shape index (κ3) is 3.23. The van der Waals surface area contributed by atoms with Gasteiger partial charge in [-0.25, -0.2) is 4.98 Å². The molecule has 0 amide bonds. The lowest BCUT2D eigenvalue weighted by Crippen LogP contribution is -1.85. The van der Waals surface area contributed by atoms with Crippen LogP contribution in [0.15, 0.2) is 49.1 Å². The van der Waals surface area contributed by atoms with Crippen molar-refractivity contribution in [3.63, 3.8) is 0 Å². The Morgan fingerprint density at radius 3 is 2.57 bits per heavy atom. The summed E-state index contributed by atoms with van der Waals surface area (Å²) in [5.74, 6) is 0. The van der Waals surface area contributed by atoms with Gasteiger partial charge in [0.25, 0.3) is 0 Å². The van der Waals surface area contributed by atoms with Crippen molar-refractivity contribution in [2.45, 2.75) is 13.8 Å². The van der Waals surface area contributed by atoms with Crippen molar-refractivity contribution < 1.29 is 0 Å². The van der Waals surface area contributed by atoms with Gasteiger partial charge in [-0.05, 0) is 25.5 Å². The van der Waals surface area contributed by atoms with E-state index in [1.165, 1.54) is 5.56 Å². The monoisotopic (exact) mass is 293 g/mol. The Balaban J connectivity index is 1.87. The van der Waals surface area contributed by atoms with Crippen molar-refractivity contribution in [1.82, 2.24) is 15.0 Å². The molecule has 0 aliphatic carbocycles. The minimum absolute atomic E-state index is 0.891. The van der Waals surface area contributed by atoms with E-state index in [9.17, 15) is 0 Å². The van der Waals surface area contributed by atoms with E-state index >= 15 is 0 Å². The molecule has 3 nitrogen and oxygen atoms in total. The van der Waals surface area contributed by atoms with Crippen molar-refractivity contribution in [2.75, 3.05) is 0 Å². The Hall–Kier alpha value is -2.33. The lowest BCUT2D eigenvalue weighted by molar-refractivity contribution is 1.17. The summed E-state index contributed by atoms with van der Waals surface area (Å²) in [6.45, 7) is 4.12. The highest BCUT2D eigenvalue weighted by Gasteiger charge is 2.04. The summed E-state index contributed by atoms with van der Waals surface area (Å²) in [6, 6.07) is 8.43. The van der Waals surface area contributed by atoms with Gasteiger partial charge < -0.3 is 0 Å². The summed E-state index contributed by atoms with van der Waals surface area (Å²) in [5, 5.41) is 1.04. The molecule has 1 aromatic carbocycles. The summed E-state index contributed by atoms with van der Waals surface area (Å²) in [6.07, 6.45) is 9.16. The Morgan fingerprint density at radius 1 is 1.05 bits per heavy atom. The zero-order chi connectivity index (χ0) is 14.7. The third-order valence-electron chi connectivity index (χ3n) is 3.15. The van der Waals surface area contributed by atoms with Crippen LogP contribution in [0.25, 0.3) is 22.2 Å². The van der Waals surface area contributed by atoms with E-state index in [-0.39, 0.29) is 0 Å². The van der Waals surface area contributed by atoms with Gasteiger partial charge in [0.05, 0.1) is 11.9 Å². The van der Waals surface area contributed by atoms with Crippen LogP contribution in [-0.4, -0.2) is 15.0 Å². The SMILES string of the molecule is C/C(=C\c1cnc(-c2ccc(C)cc2)s1)c1cnccn1. The highest BCUT2D eigenvalue weighted by Crippen LogP contribution is 2.27. The topological polar surface area (TPSA) is 38.7 Å². The number of aromatic nitrogens is 3. The molecule has 0 fully saturated rings. The van der Waals surface area contributed by atoms with E-state index in [1.54, 1.807) is 29.9 Å². The van der Waals surface area contributed by atoms with Crippen molar-refractivity contribution in [1.29, 1.82) is 0 Å². The smallest absolute Gasteiger partial charge is 0.123 e. The third-order valence-corrected chi connectivity index (χ3v) is 4.14. The first-order valence-corrected chi connectivity index (χ1v) is 7.51. The van der Waals surface area contributed by atoms with Crippen molar-refractivity contribution in [3.8, 4) is 10.6 Å². The van der Waals surface area contributed by atoms with E-state index in [4.69, 9.17) is 0 Å². The number of nitrogens with zero attached hydrogens (tertiary/aromatic N) is 3. The second-order valence-electron chi connectivity index (χ2n) is 4.85. The average molecular weight is 293 g/mol. The summed E-state index contributed by atoms with van der Waals surface area (Å²) in [5.41, 5.74) is 4.39. The van der Waals surface area contributed by atoms with Crippen LogP contribution in [-0.2, 0) is 0 Å². The van der Waals surface area contributed by atoms with Gasteiger partial charge in [0, 0.05) is 29.0 Å². The molecule has 0 radical (unpaired) electrons. The first-order valence-electron chi connectivity index (χ1n) is 6.70. The van der Waals surface area contributed by atoms with Crippen LogP contribution in [0, 0.1) is 6.92 Å². The summed E-state index contributed by atoms with van der Waals surface area (Å²) >= 11 is 1.68. The number of rotatable bonds is 3. The highest BCUT2D eigenvalue weighted by atomic mass is 32.1. The Bertz CT molecular complexity index is 758. The van der Waals surface area contributed by atoms with E-state index < -0.39 is 0 Å². The largest absolute Gasteiger partial charge is 0.261 e. The number of hydrogen-bond donors (Lipinski definition) is 0. The predicted octanol–water partition coefficient (Wildman–Crippen LogP) is 4.47. The van der Waals surface area contributed by atoms with E-state index in [1.807, 2.05) is 13.1 Å². The van der Waals surface area contributed by atoms with Gasteiger partial charge in [-0.3, -0.25) is 9.97 Å². The first kappa shape index (κ1) is 13.6. The van der Waals surface area contributed by atoms with Crippen molar-refractivity contribution >= 4 is 23.0 Å². The minimum Gasteiger partial charge on any atom is -0.261 e. The quantitative estimate of drug-likeness (QED) is 0.715. The van der Waals surface area contributed by atoms with Crippen LogP contribution in [0.3, 0.4) is 0 Å². The zero-order valence-corrected chi connectivity index (χ0v) is 12.8. The average Bonchev–Trinajstić information content (AvgIpc) is 2.97. The molecule has 0 saturated heterocycles. The molecule has 2 heterocycles. The summed E-state index contributed by atoms with van der Waals surface area (Å²) < 4.78 is 0. The van der Waals surface area contributed by atoms with E-state index in [0.29, 0.717) is 0 Å². The number of benzene rings is 1. The fraction of sp³-hybridized carbons (Fsp3) is 0.118. The van der Waals surface area contributed by atoms with Gasteiger partial charge in [0.15, 0.2) is 0 Å². The van der Waals surface area contributed by atoms with Crippen molar-refractivity contribution in [2.24, 2.45) is 0 Å². The number of thiazole rings is 1. The zero-order valence-electron chi connectivity index (χ0n) is 11.9. The van der Waals surface area contributed by atoms with Crippen LogP contribution >= 0.6 is 11.3 Å². The first-order chi connectivity index (χ1) is 10.2. The number of aryl methyl sites for hydroxylation is 1. The lowest BCUT2D eigenvalue weighted by Gasteiger charge is -1.98. The molecule has 0 unspecified atom stereocenters. The molecule has 0 N–H and O–H groups in total. The van der Waals surface area contributed by atoms with E-state index in [0.717, 1.165) is 26.7 Å². The lowest BCUT2D eigenvalue weighted by atomic mass is 10.2. The Labute approximate surface area is 128 Å². The van der Waals surface area contributed by atoms with Gasteiger partial charge >= 0.3 is 0 Å². The molecular weight excluding hydrogens is 278 g/mol. The molecule has 0 aliphatic heterocycles. The van der Waals surface area contributed by atoms with E-state index in [2.05, 4.69) is 52.2 Å². The summed E-state index contributed by atoms with van der Waals surface area (Å²) in [4.78, 5) is 14.0. The van der Waals surface area contributed by atoms with Crippen LogP contribution in [0.5, 0.6) is 0 Å². The molecular formula is C17H15N3S. The molecule has 104 valence electrons. The van der Waals surface area contributed by atoms with Crippen LogP contribution in [0.2, 0.25) is 0 Å². The maximum atomic E-state index is 4.50. The van der Waals surface area contributed by atoms with Gasteiger partial charge in [0.1, 0.15) is 5.01 Å². The van der Waals surface area contributed by atoms with Crippen LogP contribution in [0.4, 0.5) is 0 Å². The van der Waals surface area contributed by atoms with Gasteiger partial charge in [0.2, 0.25) is 0 Å². The molecule has 0 saturated carbocycles. The van der Waals surface area contributed by atoms with Gasteiger partial charge in [-0.15, -0.1) is 11.3 Å². The van der Waals surface area contributed by atoms with Gasteiger partial charge in [-0.2, -0.15) is 0 Å². The van der Waals surface area contributed by atoms with Crippen LogP contribution in [0.1, 0.15) is 23.1 Å². The molecule has 0 atom stereocenters. The number of hydrogen-bond acceptors (Lipinski definition) is 4. The second kappa shape index (κ2) is 5.97. The molecule has 0 spiro atoms. The fourth-order valence-electron chi connectivity index (χ4n) is 1.97. The molecule has 3 aromatic rings. The summed E-state index contributed by atoms with van der Waals surface area (Å²) in [7, 11) is 0. The maximum absolute atomic E-state index is 4.50. The molecule has 4 heteroatoms. The molecule has 0 aliphatic rings. The molecule has 0 bridgehead atoms. The normalized spacial score (nSPS) is 11.6. The maximum Gasteiger partial charge on any atom is 0.123 e. The predicted molar refractivity (Wildman–Crippen MR) is 87.9 cm³/mol. The highest BCUT2D eigenvalue weighted by molar-refractivity contribution is 7.15.